The smallest absolute Gasteiger partial charge is 0.265 e. The van der Waals surface area contributed by atoms with Crippen LogP contribution in [0, 0.1) is 0 Å². The zero-order valence-corrected chi connectivity index (χ0v) is 23.9. The van der Waals surface area contributed by atoms with Gasteiger partial charge in [0.25, 0.3) is 5.95 Å². The average molecular weight is 579 g/mol. The fourth-order valence-corrected chi connectivity index (χ4v) is 6.85. The molecule has 0 fully saturated rings. The highest BCUT2D eigenvalue weighted by molar-refractivity contribution is 6.28. The summed E-state index contributed by atoms with van der Waals surface area (Å²) in [4.78, 5) is 17.2. The van der Waals surface area contributed by atoms with E-state index in [2.05, 4.69) is 60.7 Å². The van der Waals surface area contributed by atoms with Gasteiger partial charge in [-0.25, -0.2) is 9.97 Å². The molecule has 210 valence electrons. The van der Waals surface area contributed by atoms with Crippen molar-refractivity contribution in [1.82, 2.24) is 9.97 Å². The van der Waals surface area contributed by atoms with Gasteiger partial charge in [0.1, 0.15) is 16.9 Å². The van der Waals surface area contributed by atoms with Gasteiger partial charge in [0.15, 0.2) is 5.75 Å². The maximum atomic E-state index is 8.74. The summed E-state index contributed by atoms with van der Waals surface area (Å²) in [5.41, 5.74) is 6.61. The van der Waals surface area contributed by atoms with Crippen molar-refractivity contribution in [1.29, 1.82) is 0 Å². The molecule has 0 aliphatic carbocycles. The molecular formula is C40H23N3O2. The van der Waals surface area contributed by atoms with E-state index in [1.807, 2.05) is 66.7 Å². The van der Waals surface area contributed by atoms with Crippen molar-refractivity contribution in [3.8, 4) is 28.1 Å². The Kier molecular flexibility index (Phi) is 4.73. The van der Waals surface area contributed by atoms with E-state index in [1.165, 1.54) is 0 Å². The van der Waals surface area contributed by atoms with E-state index in [1.54, 1.807) is 11.1 Å². The van der Waals surface area contributed by atoms with Gasteiger partial charge in [-0.05, 0) is 34.4 Å². The third-order valence-corrected chi connectivity index (χ3v) is 8.78. The molecule has 0 saturated carbocycles. The Labute approximate surface area is 258 Å². The van der Waals surface area contributed by atoms with Gasteiger partial charge in [-0.15, -0.1) is 5.06 Å². The Hall–Kier alpha value is -6.20. The van der Waals surface area contributed by atoms with Crippen LogP contribution in [0.25, 0.3) is 76.8 Å². The molecule has 1 aliphatic rings. The van der Waals surface area contributed by atoms with E-state index in [-0.39, 0.29) is 0 Å². The van der Waals surface area contributed by atoms with Crippen molar-refractivity contribution in [3.05, 3.63) is 140 Å². The molecule has 3 heterocycles. The zero-order chi connectivity index (χ0) is 30.4. The minimum absolute atomic E-state index is 0.374. The topological polar surface area (TPSA) is 51.4 Å². The van der Waals surface area contributed by atoms with Crippen molar-refractivity contribution in [2.75, 3.05) is 5.06 Å². The largest absolute Gasteiger partial charge is 0.455 e. The maximum Gasteiger partial charge on any atom is 0.265 e. The first-order chi connectivity index (χ1) is 22.7. The molecule has 0 atom stereocenters. The van der Waals surface area contributed by atoms with E-state index in [4.69, 9.17) is 20.6 Å². The van der Waals surface area contributed by atoms with Crippen molar-refractivity contribution in [2.24, 2.45) is 0 Å². The number of benzene rings is 7. The van der Waals surface area contributed by atoms with Crippen molar-refractivity contribution >= 4 is 66.0 Å². The highest BCUT2D eigenvalue weighted by atomic mass is 16.7. The Morgan fingerprint density at radius 1 is 0.578 bits per heavy atom. The van der Waals surface area contributed by atoms with Gasteiger partial charge in [-0.2, -0.15) is 0 Å². The van der Waals surface area contributed by atoms with Crippen molar-refractivity contribution in [3.63, 3.8) is 0 Å². The molecule has 0 unspecified atom stereocenters. The first kappa shape index (κ1) is 23.3. The van der Waals surface area contributed by atoms with Crippen LogP contribution in [0.3, 0.4) is 0 Å². The normalized spacial score (nSPS) is 12.9. The lowest BCUT2D eigenvalue weighted by Gasteiger charge is -2.33. The third-order valence-electron chi connectivity index (χ3n) is 8.78. The summed E-state index contributed by atoms with van der Waals surface area (Å²) in [6.45, 7) is 0. The van der Waals surface area contributed by atoms with E-state index in [0.717, 1.165) is 76.8 Å². The number of hydrogen-bond acceptors (Lipinski definition) is 5. The lowest BCUT2D eigenvalue weighted by molar-refractivity contribution is 0.316. The summed E-state index contributed by atoms with van der Waals surface area (Å²) >= 11 is 0. The summed E-state index contributed by atoms with van der Waals surface area (Å²) < 4.78 is 15.4. The second-order valence-corrected chi connectivity index (χ2v) is 11.3. The van der Waals surface area contributed by atoms with Gasteiger partial charge in [0, 0.05) is 32.8 Å². The van der Waals surface area contributed by atoms with E-state index in [0.29, 0.717) is 23.4 Å². The number of para-hydroxylation sites is 2. The molecule has 1 aliphatic heterocycles. The van der Waals surface area contributed by atoms with Crippen LogP contribution in [-0.2, 0) is 0 Å². The number of nitrogens with zero attached hydrogens (tertiary/aromatic N) is 3. The summed E-state index contributed by atoms with van der Waals surface area (Å²) in [5, 5.41) is 8.85. The Bertz CT molecular complexity index is 2720. The lowest BCUT2D eigenvalue weighted by Crippen LogP contribution is -2.28. The maximum absolute atomic E-state index is 8.74. The van der Waals surface area contributed by atoms with Crippen LogP contribution in [0.15, 0.2) is 144 Å². The van der Waals surface area contributed by atoms with Crippen molar-refractivity contribution < 1.29 is 10.6 Å². The van der Waals surface area contributed by atoms with Crippen LogP contribution < -0.4 is 9.90 Å². The number of aromatic nitrogens is 2. The zero-order valence-electron chi connectivity index (χ0n) is 24.9. The molecule has 45 heavy (non-hydrogen) atoms. The summed E-state index contributed by atoms with van der Waals surface area (Å²) in [5.74, 6) is 1.08. The molecular weight excluding hydrogens is 554 g/mol. The molecule has 0 bridgehead atoms. The summed E-state index contributed by atoms with van der Waals surface area (Å²) in [6, 6.07) is 44.9. The van der Waals surface area contributed by atoms with Gasteiger partial charge in [-0.1, -0.05) is 121 Å². The number of rotatable bonds is 2. The molecule has 9 aromatic rings. The van der Waals surface area contributed by atoms with Crippen LogP contribution in [0.5, 0.6) is 5.75 Å². The van der Waals surface area contributed by atoms with Gasteiger partial charge >= 0.3 is 0 Å². The fourth-order valence-electron chi connectivity index (χ4n) is 6.85. The third kappa shape index (κ3) is 3.43. The highest BCUT2D eigenvalue weighted by Crippen LogP contribution is 2.55. The molecule has 0 spiro atoms. The Balaban J connectivity index is 1.39. The molecule has 0 saturated heterocycles. The first-order valence-corrected chi connectivity index (χ1v) is 14.9. The predicted octanol–water partition coefficient (Wildman–Crippen LogP) is 10.6. The van der Waals surface area contributed by atoms with Gasteiger partial charge in [0.2, 0.25) is 0 Å². The molecule has 0 amide bonds. The predicted molar refractivity (Wildman–Crippen MR) is 182 cm³/mol. The summed E-state index contributed by atoms with van der Waals surface area (Å²) in [7, 11) is 0. The number of hydrogen-bond donors (Lipinski definition) is 0. The van der Waals surface area contributed by atoms with Crippen LogP contribution >= 0.6 is 0 Å². The molecule has 5 heteroatoms. The Morgan fingerprint density at radius 2 is 1.31 bits per heavy atom. The average Bonchev–Trinajstić information content (AvgIpc) is 3.51. The molecule has 2 aromatic heterocycles. The first-order valence-electron chi connectivity index (χ1n) is 15.4. The van der Waals surface area contributed by atoms with Gasteiger partial charge in [-0.3, -0.25) is 0 Å². The highest BCUT2D eigenvalue weighted by Gasteiger charge is 2.35. The summed E-state index contributed by atoms with van der Waals surface area (Å²) in [6.07, 6.45) is 0. The van der Waals surface area contributed by atoms with Crippen LogP contribution in [0.4, 0.5) is 11.6 Å². The number of anilines is 2. The molecule has 0 radical (unpaired) electrons. The SMILES string of the molecule is [2H]c1ccccc1-c1nc(N2Oc3ccc4ccccc4c3-c3c2c2c4ccccc4oc2c2ccccc32)nc2ccccc12. The monoisotopic (exact) mass is 578 g/mol. The van der Waals surface area contributed by atoms with E-state index >= 15 is 0 Å². The second kappa shape index (κ2) is 9.15. The standard InChI is InChI=1S/C40H23N3O2/c1-2-13-25(14-3-1)37-29-18-8-10-20-31(29)41-40(42-37)43-38-35(34-26-15-5-4-12-24(26)22-23-33(34)45-43)27-16-6-7-17-28(27)39-36(38)30-19-9-11-21-32(30)44-39/h1-23H/i13D. The van der Waals surface area contributed by atoms with Crippen LogP contribution in [-0.4, -0.2) is 9.97 Å². The van der Waals surface area contributed by atoms with E-state index < -0.39 is 0 Å². The minimum atomic E-state index is 0.374. The Morgan fingerprint density at radius 3 is 2.20 bits per heavy atom. The number of furan rings is 1. The van der Waals surface area contributed by atoms with E-state index in [9.17, 15) is 0 Å². The number of fused-ring (bicyclic) bond motifs is 13. The quantitative estimate of drug-likeness (QED) is 0.204. The molecule has 7 aromatic carbocycles. The molecule has 5 nitrogen and oxygen atoms in total. The lowest BCUT2D eigenvalue weighted by atomic mass is 9.88. The molecule has 10 rings (SSSR count). The van der Waals surface area contributed by atoms with Gasteiger partial charge < -0.3 is 9.25 Å². The van der Waals surface area contributed by atoms with Crippen LogP contribution in [0.1, 0.15) is 1.37 Å². The van der Waals surface area contributed by atoms with Crippen molar-refractivity contribution in [2.45, 2.75) is 0 Å². The fraction of sp³-hybridized carbons (Fsp3) is 0. The van der Waals surface area contributed by atoms with Gasteiger partial charge in [0.05, 0.1) is 18.0 Å². The minimum Gasteiger partial charge on any atom is -0.455 e. The molecule has 0 N–H and O–H groups in total. The second-order valence-electron chi connectivity index (χ2n) is 11.3. The van der Waals surface area contributed by atoms with Crippen LogP contribution in [0.2, 0.25) is 0 Å².